The van der Waals surface area contributed by atoms with Gasteiger partial charge in [0.25, 0.3) is 0 Å². The van der Waals surface area contributed by atoms with Crippen molar-refractivity contribution in [1.29, 1.82) is 0 Å². The van der Waals surface area contributed by atoms with E-state index in [-0.39, 0.29) is 11.2 Å². The maximum absolute atomic E-state index is 12.8. The molecule has 1 aliphatic rings. The molecule has 1 fully saturated rings. The molecule has 1 aliphatic heterocycles. The average molecular weight is 422 g/mol. The Kier molecular flexibility index (Phi) is 6.67. The van der Waals surface area contributed by atoms with E-state index in [4.69, 9.17) is 12.2 Å². The first kappa shape index (κ1) is 21.4. The first-order valence-corrected chi connectivity index (χ1v) is 10.2. The van der Waals surface area contributed by atoms with Crippen molar-refractivity contribution in [3.8, 4) is 0 Å². The second-order valence-corrected chi connectivity index (χ2v) is 8.07. The Bertz CT molecular complexity index is 828. The van der Waals surface area contributed by atoms with Crippen molar-refractivity contribution in [1.82, 2.24) is 5.32 Å². The number of anilines is 2. The lowest BCUT2D eigenvalue weighted by Crippen LogP contribution is -2.33. The number of benzene rings is 2. The van der Waals surface area contributed by atoms with Gasteiger partial charge in [-0.3, -0.25) is 0 Å². The van der Waals surface area contributed by atoms with Gasteiger partial charge in [-0.05, 0) is 73.8 Å². The second kappa shape index (κ2) is 9.03. The number of halogens is 3. The summed E-state index contributed by atoms with van der Waals surface area (Å²) in [7, 11) is 0. The Morgan fingerprint density at radius 2 is 1.76 bits per heavy atom. The predicted molar refractivity (Wildman–Crippen MR) is 116 cm³/mol. The van der Waals surface area contributed by atoms with Gasteiger partial charge in [-0.25, -0.2) is 0 Å². The zero-order valence-corrected chi connectivity index (χ0v) is 17.4. The second-order valence-electron chi connectivity index (χ2n) is 7.66. The fourth-order valence-corrected chi connectivity index (χ4v) is 3.76. The summed E-state index contributed by atoms with van der Waals surface area (Å²) < 4.78 is 38.5. The molecule has 29 heavy (non-hydrogen) atoms. The maximum Gasteiger partial charge on any atom is 0.416 e. The monoisotopic (exact) mass is 421 g/mol. The maximum atomic E-state index is 12.8. The van der Waals surface area contributed by atoms with Gasteiger partial charge in [-0.1, -0.05) is 25.1 Å². The van der Waals surface area contributed by atoms with Gasteiger partial charge in [0.15, 0.2) is 5.11 Å². The zero-order valence-electron chi connectivity index (χ0n) is 16.6. The average Bonchev–Trinajstić information content (AvgIpc) is 2.68. The minimum absolute atomic E-state index is 0.0729. The van der Waals surface area contributed by atoms with Gasteiger partial charge in [0, 0.05) is 24.5 Å². The minimum Gasteiger partial charge on any atom is -0.372 e. The number of hydrogen-bond acceptors (Lipinski definition) is 2. The number of nitrogens with zero attached hydrogens (tertiary/aromatic N) is 1. The summed E-state index contributed by atoms with van der Waals surface area (Å²) in [6.45, 7) is 6.43. The van der Waals surface area contributed by atoms with Crippen LogP contribution in [0.5, 0.6) is 0 Å². The minimum atomic E-state index is -4.38. The quantitative estimate of drug-likeness (QED) is 0.593. The van der Waals surface area contributed by atoms with Crippen LogP contribution in [-0.2, 0) is 6.18 Å². The van der Waals surface area contributed by atoms with Gasteiger partial charge in [-0.15, -0.1) is 0 Å². The smallest absolute Gasteiger partial charge is 0.372 e. The fourth-order valence-electron chi connectivity index (χ4n) is 3.46. The van der Waals surface area contributed by atoms with E-state index >= 15 is 0 Å². The van der Waals surface area contributed by atoms with Crippen molar-refractivity contribution in [2.24, 2.45) is 5.92 Å². The summed E-state index contributed by atoms with van der Waals surface area (Å²) in [5.74, 6) is 0.792. The Balaban J connectivity index is 1.57. The first-order valence-electron chi connectivity index (χ1n) is 9.82. The van der Waals surface area contributed by atoms with E-state index in [1.54, 1.807) is 6.07 Å². The van der Waals surface area contributed by atoms with Gasteiger partial charge < -0.3 is 15.5 Å². The van der Waals surface area contributed by atoms with Crippen LogP contribution in [0.1, 0.15) is 43.9 Å². The van der Waals surface area contributed by atoms with E-state index in [0.717, 1.165) is 36.7 Å². The Hall–Kier alpha value is -2.28. The highest BCUT2D eigenvalue weighted by Crippen LogP contribution is 2.30. The van der Waals surface area contributed by atoms with Crippen molar-refractivity contribution in [3.05, 3.63) is 59.7 Å². The van der Waals surface area contributed by atoms with Crippen LogP contribution in [0, 0.1) is 5.92 Å². The molecule has 0 saturated carbocycles. The third-order valence-corrected chi connectivity index (χ3v) is 5.56. The lowest BCUT2D eigenvalue weighted by molar-refractivity contribution is -0.137. The summed E-state index contributed by atoms with van der Waals surface area (Å²) in [6.07, 6.45) is -1.95. The van der Waals surface area contributed by atoms with E-state index in [0.29, 0.717) is 5.69 Å². The van der Waals surface area contributed by atoms with Gasteiger partial charge >= 0.3 is 6.18 Å². The number of hydrogen-bond donors (Lipinski definition) is 2. The van der Waals surface area contributed by atoms with Gasteiger partial charge in [0.2, 0.25) is 0 Å². The Morgan fingerprint density at radius 1 is 1.10 bits per heavy atom. The van der Waals surface area contributed by atoms with Crippen LogP contribution in [0.15, 0.2) is 48.5 Å². The van der Waals surface area contributed by atoms with Crippen LogP contribution < -0.4 is 15.5 Å². The third-order valence-electron chi connectivity index (χ3n) is 5.34. The van der Waals surface area contributed by atoms with E-state index in [1.165, 1.54) is 24.6 Å². The third kappa shape index (κ3) is 5.85. The molecule has 1 heterocycles. The molecule has 7 heteroatoms. The number of nitrogens with one attached hydrogen (secondary N) is 2. The molecule has 0 spiro atoms. The highest BCUT2D eigenvalue weighted by molar-refractivity contribution is 7.80. The predicted octanol–water partition coefficient (Wildman–Crippen LogP) is 5.99. The van der Waals surface area contributed by atoms with Crippen LogP contribution in [0.2, 0.25) is 0 Å². The summed E-state index contributed by atoms with van der Waals surface area (Å²) in [6, 6.07) is 13.3. The summed E-state index contributed by atoms with van der Waals surface area (Å²) >= 11 is 5.28. The van der Waals surface area contributed by atoms with Gasteiger partial charge in [0.1, 0.15) is 0 Å². The summed E-state index contributed by atoms with van der Waals surface area (Å²) in [4.78, 5) is 2.40. The summed E-state index contributed by atoms with van der Waals surface area (Å²) in [5, 5.41) is 6.25. The topological polar surface area (TPSA) is 27.3 Å². The van der Waals surface area contributed by atoms with Crippen LogP contribution in [0.25, 0.3) is 0 Å². The first-order chi connectivity index (χ1) is 13.7. The highest BCUT2D eigenvalue weighted by atomic mass is 32.1. The molecule has 0 bridgehead atoms. The van der Waals surface area contributed by atoms with Crippen LogP contribution >= 0.6 is 12.2 Å². The fraction of sp³-hybridized carbons (Fsp3) is 0.409. The van der Waals surface area contributed by atoms with Gasteiger partial charge in [-0.2, -0.15) is 13.2 Å². The van der Waals surface area contributed by atoms with Crippen LogP contribution in [0.4, 0.5) is 24.5 Å². The standard InChI is InChI=1S/C22H26F3N3S/c1-15-10-12-28(13-11-15)20-8-6-17(7-9-20)16(2)26-21(29)27-19-5-3-4-18(14-19)22(23,24)25/h3-9,14-16H,10-13H2,1-2H3,(H2,26,27,29). The van der Waals surface area contributed by atoms with Crippen molar-refractivity contribution < 1.29 is 13.2 Å². The van der Waals surface area contributed by atoms with Gasteiger partial charge in [0.05, 0.1) is 11.6 Å². The molecule has 0 aromatic heterocycles. The number of alkyl halides is 3. The molecule has 0 aliphatic carbocycles. The van der Waals surface area contributed by atoms with E-state index in [2.05, 4.69) is 46.7 Å². The van der Waals surface area contributed by atoms with E-state index in [1.807, 2.05) is 6.92 Å². The largest absolute Gasteiger partial charge is 0.416 e. The Labute approximate surface area is 175 Å². The van der Waals surface area contributed by atoms with Crippen molar-refractivity contribution in [2.45, 2.75) is 38.9 Å². The SMILES string of the molecule is CC1CCN(c2ccc(C(C)NC(=S)Nc3cccc(C(F)(F)F)c3)cc2)CC1. The van der Waals surface area contributed by atoms with Crippen molar-refractivity contribution in [2.75, 3.05) is 23.3 Å². The van der Waals surface area contributed by atoms with Crippen molar-refractivity contribution >= 4 is 28.7 Å². The number of piperidine rings is 1. The molecular formula is C22H26F3N3S. The van der Waals surface area contributed by atoms with Crippen LogP contribution in [-0.4, -0.2) is 18.2 Å². The molecule has 1 saturated heterocycles. The lowest BCUT2D eigenvalue weighted by atomic mass is 9.98. The number of rotatable bonds is 4. The number of thiocarbonyl (C=S) groups is 1. The molecule has 2 N–H and O–H groups in total. The van der Waals surface area contributed by atoms with Crippen molar-refractivity contribution in [3.63, 3.8) is 0 Å². The molecule has 1 atom stereocenters. The molecule has 3 rings (SSSR count). The molecular weight excluding hydrogens is 395 g/mol. The zero-order chi connectivity index (χ0) is 21.0. The lowest BCUT2D eigenvalue weighted by Gasteiger charge is -2.32. The molecule has 3 nitrogen and oxygen atoms in total. The molecule has 0 radical (unpaired) electrons. The summed E-state index contributed by atoms with van der Waals surface area (Å²) in [5.41, 5.74) is 1.88. The van der Waals surface area contributed by atoms with E-state index < -0.39 is 11.7 Å². The molecule has 156 valence electrons. The molecule has 1 unspecified atom stereocenters. The molecule has 2 aromatic carbocycles. The van der Waals surface area contributed by atoms with Crippen LogP contribution in [0.3, 0.4) is 0 Å². The van der Waals surface area contributed by atoms with E-state index in [9.17, 15) is 13.2 Å². The normalized spacial score (nSPS) is 16.4. The Morgan fingerprint density at radius 3 is 2.38 bits per heavy atom. The highest BCUT2D eigenvalue weighted by Gasteiger charge is 2.30. The molecule has 0 amide bonds. The molecule has 2 aromatic rings.